The van der Waals surface area contributed by atoms with Crippen molar-refractivity contribution in [2.75, 3.05) is 26.1 Å². The van der Waals surface area contributed by atoms with Crippen LogP contribution in [0.25, 0.3) is 0 Å². The lowest BCUT2D eigenvalue weighted by molar-refractivity contribution is -0.146. The van der Waals surface area contributed by atoms with Crippen molar-refractivity contribution in [3.63, 3.8) is 0 Å². The van der Waals surface area contributed by atoms with E-state index >= 15 is 0 Å². The van der Waals surface area contributed by atoms with Gasteiger partial charge in [-0.05, 0) is 6.07 Å². The molecule has 18 heavy (non-hydrogen) atoms. The molecule has 102 valence electrons. The molecule has 0 amide bonds. The van der Waals surface area contributed by atoms with E-state index in [-0.39, 0.29) is 19.0 Å². The quantitative estimate of drug-likeness (QED) is 0.750. The predicted molar refractivity (Wildman–Crippen MR) is 62.8 cm³/mol. The standard InChI is InChI=1S/C11H14ClF3N2O/c1-18-10-4-2-3-9(16-10)7-17(6-5-12)8-11(13,14)15/h2-4H,5-8H2,1H3. The number of pyridine rings is 1. The van der Waals surface area contributed by atoms with Crippen LogP contribution < -0.4 is 4.74 Å². The SMILES string of the molecule is COc1cccc(CN(CCCl)CC(F)(F)F)n1. The van der Waals surface area contributed by atoms with Gasteiger partial charge in [0.05, 0.1) is 19.3 Å². The molecule has 1 heterocycles. The molecular weight excluding hydrogens is 269 g/mol. The summed E-state index contributed by atoms with van der Waals surface area (Å²) < 4.78 is 42.0. The number of halogens is 4. The van der Waals surface area contributed by atoms with Gasteiger partial charge in [0, 0.05) is 25.0 Å². The van der Waals surface area contributed by atoms with Crippen molar-refractivity contribution in [2.24, 2.45) is 0 Å². The molecule has 7 heteroatoms. The summed E-state index contributed by atoms with van der Waals surface area (Å²) in [6, 6.07) is 4.98. The first-order chi connectivity index (χ1) is 8.44. The molecule has 0 fully saturated rings. The molecule has 3 nitrogen and oxygen atoms in total. The van der Waals surface area contributed by atoms with Crippen LogP contribution in [0.5, 0.6) is 5.88 Å². The fourth-order valence-corrected chi connectivity index (χ4v) is 1.71. The second-order valence-electron chi connectivity index (χ2n) is 3.69. The second-order valence-corrected chi connectivity index (χ2v) is 4.06. The average molecular weight is 283 g/mol. The van der Waals surface area contributed by atoms with Crippen LogP contribution in [0.1, 0.15) is 5.69 Å². The van der Waals surface area contributed by atoms with Crippen molar-refractivity contribution >= 4 is 11.6 Å². The largest absolute Gasteiger partial charge is 0.481 e. The van der Waals surface area contributed by atoms with Gasteiger partial charge in [0.2, 0.25) is 5.88 Å². The van der Waals surface area contributed by atoms with Gasteiger partial charge in [-0.25, -0.2) is 4.98 Å². The molecule has 0 saturated heterocycles. The van der Waals surface area contributed by atoms with Crippen molar-refractivity contribution in [1.29, 1.82) is 0 Å². The summed E-state index contributed by atoms with van der Waals surface area (Å²) in [4.78, 5) is 5.27. The Kier molecular flexibility index (Phi) is 5.68. The van der Waals surface area contributed by atoms with Crippen LogP contribution in [-0.2, 0) is 6.54 Å². The molecule has 0 saturated carbocycles. The third-order valence-electron chi connectivity index (χ3n) is 2.18. The summed E-state index contributed by atoms with van der Waals surface area (Å²) in [5, 5.41) is 0. The molecule has 0 aliphatic carbocycles. The van der Waals surface area contributed by atoms with Crippen molar-refractivity contribution in [1.82, 2.24) is 9.88 Å². The molecule has 0 aliphatic rings. The number of nitrogens with zero attached hydrogens (tertiary/aromatic N) is 2. The highest BCUT2D eigenvalue weighted by Crippen LogP contribution is 2.18. The molecule has 0 spiro atoms. The minimum absolute atomic E-state index is 0.0867. The van der Waals surface area contributed by atoms with Crippen LogP contribution >= 0.6 is 11.6 Å². The first kappa shape index (κ1) is 15.0. The van der Waals surface area contributed by atoms with Crippen LogP contribution in [0, 0.1) is 0 Å². The Labute approximate surface area is 109 Å². The maximum atomic E-state index is 12.3. The minimum Gasteiger partial charge on any atom is -0.481 e. The van der Waals surface area contributed by atoms with Gasteiger partial charge in [-0.2, -0.15) is 13.2 Å². The first-order valence-corrected chi connectivity index (χ1v) is 5.83. The molecule has 0 radical (unpaired) electrons. The van der Waals surface area contributed by atoms with Gasteiger partial charge in [0.15, 0.2) is 0 Å². The normalized spacial score (nSPS) is 11.9. The first-order valence-electron chi connectivity index (χ1n) is 5.29. The molecule has 1 aromatic rings. The Morgan fingerprint density at radius 1 is 1.39 bits per heavy atom. The lowest BCUT2D eigenvalue weighted by Gasteiger charge is -2.22. The Morgan fingerprint density at radius 2 is 2.11 bits per heavy atom. The summed E-state index contributed by atoms with van der Waals surface area (Å²) >= 11 is 5.50. The van der Waals surface area contributed by atoms with Crippen LogP contribution in [0.2, 0.25) is 0 Å². The van der Waals surface area contributed by atoms with E-state index in [9.17, 15) is 13.2 Å². The Hall–Kier alpha value is -1.01. The zero-order valence-electron chi connectivity index (χ0n) is 9.88. The van der Waals surface area contributed by atoms with Gasteiger partial charge in [-0.3, -0.25) is 4.90 Å². The monoisotopic (exact) mass is 282 g/mol. The van der Waals surface area contributed by atoms with E-state index in [1.807, 2.05) is 0 Å². The third-order valence-corrected chi connectivity index (χ3v) is 2.35. The predicted octanol–water partition coefficient (Wildman–Crippen LogP) is 2.69. The van der Waals surface area contributed by atoms with E-state index < -0.39 is 12.7 Å². The van der Waals surface area contributed by atoms with E-state index in [4.69, 9.17) is 16.3 Å². The maximum absolute atomic E-state index is 12.3. The molecule has 1 aromatic heterocycles. The zero-order chi connectivity index (χ0) is 13.6. The number of hydrogen-bond donors (Lipinski definition) is 0. The lowest BCUT2D eigenvalue weighted by atomic mass is 10.3. The summed E-state index contributed by atoms with van der Waals surface area (Å²) in [7, 11) is 1.46. The van der Waals surface area contributed by atoms with Gasteiger partial charge in [0.1, 0.15) is 0 Å². The van der Waals surface area contributed by atoms with Crippen molar-refractivity contribution in [3.8, 4) is 5.88 Å². The number of alkyl halides is 4. The molecule has 0 unspecified atom stereocenters. The van der Waals surface area contributed by atoms with Crippen molar-refractivity contribution in [3.05, 3.63) is 23.9 Å². The highest BCUT2D eigenvalue weighted by molar-refractivity contribution is 6.18. The van der Waals surface area contributed by atoms with Gasteiger partial charge in [0.25, 0.3) is 0 Å². The Bertz CT molecular complexity index is 374. The maximum Gasteiger partial charge on any atom is 0.401 e. The fourth-order valence-electron chi connectivity index (χ4n) is 1.48. The van der Waals surface area contributed by atoms with Crippen molar-refractivity contribution in [2.45, 2.75) is 12.7 Å². The Morgan fingerprint density at radius 3 is 2.67 bits per heavy atom. The van der Waals surface area contributed by atoms with E-state index in [2.05, 4.69) is 4.98 Å². The third kappa shape index (κ3) is 5.55. The number of hydrogen-bond acceptors (Lipinski definition) is 3. The lowest BCUT2D eigenvalue weighted by Crippen LogP contribution is -2.35. The summed E-state index contributed by atoms with van der Waals surface area (Å²) in [5.74, 6) is 0.519. The Balaban J connectivity index is 2.69. The van der Waals surface area contributed by atoms with E-state index in [0.717, 1.165) is 0 Å². The molecule has 0 aliphatic heterocycles. The van der Waals surface area contributed by atoms with Crippen LogP contribution in [-0.4, -0.2) is 42.1 Å². The minimum atomic E-state index is -4.25. The number of methoxy groups -OCH3 is 1. The summed E-state index contributed by atoms with van der Waals surface area (Å²) in [6.45, 7) is -0.762. The zero-order valence-corrected chi connectivity index (χ0v) is 10.6. The van der Waals surface area contributed by atoms with Gasteiger partial charge >= 0.3 is 6.18 Å². The van der Waals surface area contributed by atoms with E-state index in [0.29, 0.717) is 11.6 Å². The average Bonchev–Trinajstić information content (AvgIpc) is 2.27. The summed E-state index contributed by atoms with van der Waals surface area (Å²) in [6.07, 6.45) is -4.25. The fraction of sp³-hybridized carbons (Fsp3) is 0.545. The number of rotatable bonds is 6. The topological polar surface area (TPSA) is 25.4 Å². The van der Waals surface area contributed by atoms with Crippen LogP contribution in [0.15, 0.2) is 18.2 Å². The number of aromatic nitrogens is 1. The molecular formula is C11H14ClF3N2O. The summed E-state index contributed by atoms with van der Waals surface area (Å²) in [5.41, 5.74) is 0.517. The van der Waals surface area contributed by atoms with Gasteiger partial charge < -0.3 is 4.74 Å². The smallest absolute Gasteiger partial charge is 0.401 e. The molecule has 0 aromatic carbocycles. The molecule has 0 atom stereocenters. The molecule has 0 bridgehead atoms. The van der Waals surface area contributed by atoms with E-state index in [1.165, 1.54) is 12.0 Å². The molecule has 0 N–H and O–H groups in total. The van der Waals surface area contributed by atoms with Crippen LogP contribution in [0.3, 0.4) is 0 Å². The second kappa shape index (κ2) is 6.80. The highest BCUT2D eigenvalue weighted by Gasteiger charge is 2.30. The number of ether oxygens (including phenoxy) is 1. The van der Waals surface area contributed by atoms with Gasteiger partial charge in [-0.1, -0.05) is 6.07 Å². The van der Waals surface area contributed by atoms with Crippen LogP contribution in [0.4, 0.5) is 13.2 Å². The molecule has 1 rings (SSSR count). The highest BCUT2D eigenvalue weighted by atomic mass is 35.5. The van der Waals surface area contributed by atoms with Gasteiger partial charge in [-0.15, -0.1) is 11.6 Å². The van der Waals surface area contributed by atoms with Crippen molar-refractivity contribution < 1.29 is 17.9 Å². The van der Waals surface area contributed by atoms with E-state index in [1.54, 1.807) is 18.2 Å².